The van der Waals surface area contributed by atoms with E-state index in [1.165, 1.54) is 5.39 Å². The van der Waals surface area contributed by atoms with E-state index in [2.05, 4.69) is 37.9 Å². The minimum Gasteiger partial charge on any atom is -0.392 e. The molecule has 0 amide bonds. The number of hydrogen-bond acceptors (Lipinski definition) is 2. The summed E-state index contributed by atoms with van der Waals surface area (Å²) < 4.78 is 3.20. The third-order valence-electron chi connectivity index (χ3n) is 1.86. The minimum atomic E-state index is 0.0743. The lowest BCUT2D eigenvalue weighted by molar-refractivity contribution is 0.283. The maximum atomic E-state index is 9.19. The number of fused-ring (bicyclic) bond motifs is 1. The second-order valence-corrected chi connectivity index (χ2v) is 5.94. The van der Waals surface area contributed by atoms with Crippen molar-refractivity contribution in [3.63, 3.8) is 0 Å². The molecule has 1 N–H and O–H groups in total. The van der Waals surface area contributed by atoms with Crippen LogP contribution < -0.4 is 0 Å². The molecule has 4 heteroatoms. The number of benzene rings is 1. The molecule has 1 aromatic heterocycles. The first kappa shape index (κ1) is 9.65. The molecular formula is C9H6Br2OS. The van der Waals surface area contributed by atoms with Crippen molar-refractivity contribution in [2.24, 2.45) is 0 Å². The average Bonchev–Trinajstić information content (AvgIpc) is 2.45. The predicted octanol–water partition coefficient (Wildman–Crippen LogP) is 3.92. The fourth-order valence-electron chi connectivity index (χ4n) is 1.25. The van der Waals surface area contributed by atoms with Gasteiger partial charge in [0.2, 0.25) is 0 Å². The molecule has 0 saturated heterocycles. The van der Waals surface area contributed by atoms with Gasteiger partial charge in [0, 0.05) is 14.7 Å². The van der Waals surface area contributed by atoms with E-state index in [0.29, 0.717) is 0 Å². The Bertz CT molecular complexity index is 450. The number of aliphatic hydroxyl groups is 1. The molecule has 13 heavy (non-hydrogen) atoms. The van der Waals surface area contributed by atoms with Crippen LogP contribution in [0, 0.1) is 0 Å². The smallest absolute Gasteiger partial charge is 0.0711 e. The van der Waals surface area contributed by atoms with E-state index >= 15 is 0 Å². The van der Waals surface area contributed by atoms with Crippen molar-refractivity contribution in [2.75, 3.05) is 0 Å². The largest absolute Gasteiger partial charge is 0.392 e. The lowest BCUT2D eigenvalue weighted by Crippen LogP contribution is -1.84. The third kappa shape index (κ3) is 1.68. The van der Waals surface area contributed by atoms with E-state index in [1.54, 1.807) is 11.3 Å². The van der Waals surface area contributed by atoms with Crippen LogP contribution >= 0.6 is 43.2 Å². The Morgan fingerprint density at radius 3 is 2.77 bits per heavy atom. The minimum absolute atomic E-state index is 0.0743. The number of halogens is 2. The Kier molecular flexibility index (Phi) is 2.74. The first-order chi connectivity index (χ1) is 6.22. The van der Waals surface area contributed by atoms with Crippen molar-refractivity contribution in [2.45, 2.75) is 6.61 Å². The van der Waals surface area contributed by atoms with Gasteiger partial charge >= 0.3 is 0 Å². The fourth-order valence-corrected chi connectivity index (χ4v) is 3.50. The Balaban J connectivity index is 2.82. The molecule has 0 radical (unpaired) electrons. The highest BCUT2D eigenvalue weighted by Crippen LogP contribution is 2.35. The van der Waals surface area contributed by atoms with Crippen molar-refractivity contribution in [3.05, 3.63) is 32.0 Å². The van der Waals surface area contributed by atoms with Crippen molar-refractivity contribution in [1.82, 2.24) is 0 Å². The van der Waals surface area contributed by atoms with Crippen molar-refractivity contribution >= 4 is 53.3 Å². The molecule has 2 aromatic rings. The maximum absolute atomic E-state index is 9.19. The quantitative estimate of drug-likeness (QED) is 0.844. The Hall–Kier alpha value is 0.1000. The maximum Gasteiger partial charge on any atom is 0.0711 e. The number of thiophene rings is 1. The zero-order chi connectivity index (χ0) is 9.42. The fraction of sp³-hybridized carbons (Fsp3) is 0.111. The van der Waals surface area contributed by atoms with E-state index in [1.807, 2.05) is 12.1 Å². The summed E-state index contributed by atoms with van der Waals surface area (Å²) in [6.07, 6.45) is 0. The van der Waals surface area contributed by atoms with Gasteiger partial charge in [-0.25, -0.2) is 0 Å². The second-order valence-electron chi connectivity index (χ2n) is 2.65. The van der Waals surface area contributed by atoms with Crippen LogP contribution in [0.1, 0.15) is 5.56 Å². The van der Waals surface area contributed by atoms with Crippen LogP contribution in [-0.2, 0) is 6.61 Å². The SMILES string of the molecule is OCc1c(Br)ccc2cc(Br)sc12. The number of hydrogen-bond donors (Lipinski definition) is 1. The third-order valence-corrected chi connectivity index (χ3v) is 4.32. The van der Waals surface area contributed by atoms with Gasteiger partial charge in [-0.2, -0.15) is 0 Å². The Morgan fingerprint density at radius 2 is 2.08 bits per heavy atom. The summed E-state index contributed by atoms with van der Waals surface area (Å²) in [5.41, 5.74) is 0.966. The van der Waals surface area contributed by atoms with E-state index in [0.717, 1.165) is 18.5 Å². The zero-order valence-corrected chi connectivity index (χ0v) is 10.5. The summed E-state index contributed by atoms with van der Waals surface area (Å²) in [7, 11) is 0. The van der Waals surface area contributed by atoms with Gasteiger partial charge in [0.25, 0.3) is 0 Å². The summed E-state index contributed by atoms with van der Waals surface area (Å²) in [5.74, 6) is 0. The molecule has 1 nitrogen and oxygen atoms in total. The highest BCUT2D eigenvalue weighted by Gasteiger charge is 2.07. The van der Waals surface area contributed by atoms with Crippen LogP contribution in [0.3, 0.4) is 0 Å². The molecule has 0 spiro atoms. The summed E-state index contributed by atoms with van der Waals surface area (Å²) >= 11 is 8.50. The molecule has 0 aliphatic carbocycles. The van der Waals surface area contributed by atoms with Crippen LogP contribution in [0.2, 0.25) is 0 Å². The Morgan fingerprint density at radius 1 is 1.31 bits per heavy atom. The summed E-state index contributed by atoms with van der Waals surface area (Å²) in [6, 6.07) is 6.07. The van der Waals surface area contributed by atoms with Gasteiger partial charge in [0.1, 0.15) is 0 Å². The lowest BCUT2D eigenvalue weighted by Gasteiger charge is -2.00. The van der Waals surface area contributed by atoms with E-state index in [4.69, 9.17) is 0 Å². The number of aliphatic hydroxyl groups excluding tert-OH is 1. The molecule has 1 heterocycles. The molecule has 0 saturated carbocycles. The van der Waals surface area contributed by atoms with Crippen LogP contribution in [-0.4, -0.2) is 5.11 Å². The van der Waals surface area contributed by atoms with Crippen LogP contribution in [0.4, 0.5) is 0 Å². The second kappa shape index (κ2) is 3.69. The molecule has 68 valence electrons. The highest BCUT2D eigenvalue weighted by molar-refractivity contribution is 9.11. The molecule has 0 aliphatic rings. The molecule has 0 unspecified atom stereocenters. The molecular weight excluding hydrogens is 316 g/mol. The topological polar surface area (TPSA) is 20.2 Å². The van der Waals surface area contributed by atoms with Gasteiger partial charge in [-0.15, -0.1) is 11.3 Å². The first-order valence-corrected chi connectivity index (χ1v) is 6.10. The van der Waals surface area contributed by atoms with Crippen LogP contribution in [0.25, 0.3) is 10.1 Å². The molecule has 0 bridgehead atoms. The summed E-state index contributed by atoms with van der Waals surface area (Å²) in [5, 5.41) is 10.4. The molecule has 0 fully saturated rings. The van der Waals surface area contributed by atoms with Crippen molar-refractivity contribution in [3.8, 4) is 0 Å². The molecule has 2 rings (SSSR count). The van der Waals surface area contributed by atoms with E-state index < -0.39 is 0 Å². The summed E-state index contributed by atoms with van der Waals surface area (Å²) in [6.45, 7) is 0.0743. The number of rotatable bonds is 1. The van der Waals surface area contributed by atoms with Crippen molar-refractivity contribution < 1.29 is 5.11 Å². The van der Waals surface area contributed by atoms with Gasteiger partial charge in [-0.3, -0.25) is 0 Å². The first-order valence-electron chi connectivity index (χ1n) is 3.69. The van der Waals surface area contributed by atoms with Crippen LogP contribution in [0.5, 0.6) is 0 Å². The monoisotopic (exact) mass is 320 g/mol. The predicted molar refractivity (Wildman–Crippen MR) is 63.1 cm³/mol. The van der Waals surface area contributed by atoms with Gasteiger partial charge in [0.15, 0.2) is 0 Å². The van der Waals surface area contributed by atoms with Gasteiger partial charge in [-0.05, 0) is 33.4 Å². The molecule has 1 aromatic carbocycles. The van der Waals surface area contributed by atoms with E-state index in [9.17, 15) is 5.11 Å². The van der Waals surface area contributed by atoms with Gasteiger partial charge in [-0.1, -0.05) is 22.0 Å². The normalized spacial score (nSPS) is 11.0. The lowest BCUT2D eigenvalue weighted by atomic mass is 10.2. The van der Waals surface area contributed by atoms with Gasteiger partial charge < -0.3 is 5.11 Å². The van der Waals surface area contributed by atoms with E-state index in [-0.39, 0.29) is 6.61 Å². The Labute approximate surface area is 96.6 Å². The standard InChI is InChI=1S/C9H6Br2OS/c10-7-2-1-5-3-8(11)13-9(5)6(7)4-12/h1-3,12H,4H2. The highest BCUT2D eigenvalue weighted by atomic mass is 79.9. The summed E-state index contributed by atoms with van der Waals surface area (Å²) in [4.78, 5) is 0. The zero-order valence-electron chi connectivity index (χ0n) is 6.55. The van der Waals surface area contributed by atoms with Crippen molar-refractivity contribution in [1.29, 1.82) is 0 Å². The molecule has 0 aliphatic heterocycles. The van der Waals surface area contributed by atoms with Crippen LogP contribution in [0.15, 0.2) is 26.5 Å². The van der Waals surface area contributed by atoms with Gasteiger partial charge in [0.05, 0.1) is 10.4 Å². The molecule has 0 atom stereocenters. The average molecular weight is 322 g/mol.